The number of carbonyl (C=O) groups excluding carboxylic acids is 1. The molecule has 0 aromatic carbocycles. The molecule has 0 aliphatic rings. The van der Waals surface area contributed by atoms with E-state index < -0.39 is 12.0 Å². The molecule has 5 N–H and O–H groups in total. The van der Waals surface area contributed by atoms with Crippen LogP contribution in [0, 0.1) is 5.92 Å². The molecule has 6 heteroatoms. The van der Waals surface area contributed by atoms with Gasteiger partial charge in [0.25, 0.3) is 0 Å². The van der Waals surface area contributed by atoms with E-state index in [9.17, 15) is 9.90 Å². The Kier molecular flexibility index (Phi) is 8.97. The maximum atomic E-state index is 11.7. The fraction of sp³-hybridized carbons (Fsp3) is 0.909. The number of aliphatic hydroxyl groups is 1. The summed E-state index contributed by atoms with van der Waals surface area (Å²) in [5.41, 5.74) is 5.47. The Bertz CT molecular complexity index is 212. The molecular formula is C11H25N3O3. The first-order valence-corrected chi connectivity index (χ1v) is 5.93. The molecule has 6 nitrogen and oxygen atoms in total. The van der Waals surface area contributed by atoms with Crippen molar-refractivity contribution in [2.24, 2.45) is 11.7 Å². The van der Waals surface area contributed by atoms with Crippen LogP contribution in [0.15, 0.2) is 0 Å². The maximum absolute atomic E-state index is 11.7. The first-order chi connectivity index (χ1) is 8.02. The molecule has 3 unspecified atom stereocenters. The van der Waals surface area contributed by atoms with Crippen molar-refractivity contribution in [3.8, 4) is 0 Å². The SMILES string of the molecule is CNCOCC(CCN)NC(=O)C(C)C(C)O. The van der Waals surface area contributed by atoms with Crippen molar-refractivity contribution in [2.45, 2.75) is 32.4 Å². The van der Waals surface area contributed by atoms with E-state index in [2.05, 4.69) is 10.6 Å². The lowest BCUT2D eigenvalue weighted by Crippen LogP contribution is -2.44. The van der Waals surface area contributed by atoms with E-state index in [1.54, 1.807) is 20.9 Å². The number of nitrogens with two attached hydrogens (primary N) is 1. The summed E-state index contributed by atoms with van der Waals surface area (Å²) in [5.74, 6) is -0.605. The first-order valence-electron chi connectivity index (χ1n) is 5.93. The fourth-order valence-electron chi connectivity index (χ4n) is 1.25. The summed E-state index contributed by atoms with van der Waals surface area (Å²) in [6.45, 7) is 4.61. The van der Waals surface area contributed by atoms with Crippen LogP contribution in [0.3, 0.4) is 0 Å². The van der Waals surface area contributed by atoms with E-state index in [4.69, 9.17) is 10.5 Å². The highest BCUT2D eigenvalue weighted by molar-refractivity contribution is 5.79. The van der Waals surface area contributed by atoms with Gasteiger partial charge in [-0.05, 0) is 26.9 Å². The third-order valence-corrected chi connectivity index (χ3v) is 2.56. The molecule has 0 aromatic heterocycles. The first kappa shape index (κ1) is 16.3. The monoisotopic (exact) mass is 247 g/mol. The van der Waals surface area contributed by atoms with E-state index in [1.165, 1.54) is 0 Å². The highest BCUT2D eigenvalue weighted by atomic mass is 16.5. The van der Waals surface area contributed by atoms with Crippen LogP contribution in [0.2, 0.25) is 0 Å². The van der Waals surface area contributed by atoms with Crippen molar-refractivity contribution in [2.75, 3.05) is 26.9 Å². The highest BCUT2D eigenvalue weighted by Gasteiger charge is 2.20. The number of amides is 1. The molecule has 0 spiro atoms. The zero-order valence-corrected chi connectivity index (χ0v) is 10.9. The van der Waals surface area contributed by atoms with Gasteiger partial charge in [-0.2, -0.15) is 0 Å². The molecule has 3 atom stereocenters. The molecule has 102 valence electrons. The summed E-state index contributed by atoms with van der Waals surface area (Å²) in [5, 5.41) is 15.0. The molecule has 0 bridgehead atoms. The number of hydrogen-bond acceptors (Lipinski definition) is 5. The molecule has 0 saturated carbocycles. The molecule has 0 rings (SSSR count). The van der Waals surface area contributed by atoms with Gasteiger partial charge >= 0.3 is 0 Å². The molecule has 0 aromatic rings. The van der Waals surface area contributed by atoms with Gasteiger partial charge in [-0.1, -0.05) is 6.92 Å². The molecule has 1 amide bonds. The van der Waals surface area contributed by atoms with Gasteiger partial charge in [0, 0.05) is 0 Å². The summed E-state index contributed by atoms with van der Waals surface area (Å²) >= 11 is 0. The number of rotatable bonds is 9. The van der Waals surface area contributed by atoms with Gasteiger partial charge in [-0.15, -0.1) is 0 Å². The van der Waals surface area contributed by atoms with Crippen molar-refractivity contribution in [1.82, 2.24) is 10.6 Å². The summed E-state index contributed by atoms with van der Waals surface area (Å²) in [6, 6.07) is -0.109. The van der Waals surface area contributed by atoms with Crippen LogP contribution in [0.1, 0.15) is 20.3 Å². The second-order valence-corrected chi connectivity index (χ2v) is 4.18. The van der Waals surface area contributed by atoms with Crippen molar-refractivity contribution in [1.29, 1.82) is 0 Å². The Balaban J connectivity index is 4.09. The quantitative estimate of drug-likeness (QED) is 0.310. The largest absolute Gasteiger partial charge is 0.393 e. The van der Waals surface area contributed by atoms with Crippen molar-refractivity contribution in [3.63, 3.8) is 0 Å². The molecule has 0 radical (unpaired) electrons. The molecule has 0 heterocycles. The van der Waals surface area contributed by atoms with Crippen LogP contribution in [0.25, 0.3) is 0 Å². The lowest BCUT2D eigenvalue weighted by Gasteiger charge is -2.21. The third-order valence-electron chi connectivity index (χ3n) is 2.56. The van der Waals surface area contributed by atoms with Crippen LogP contribution in [-0.2, 0) is 9.53 Å². The van der Waals surface area contributed by atoms with Crippen molar-refractivity contribution >= 4 is 5.91 Å². The lowest BCUT2D eigenvalue weighted by atomic mass is 10.0. The van der Waals surface area contributed by atoms with Crippen LogP contribution in [0.5, 0.6) is 0 Å². The van der Waals surface area contributed by atoms with Crippen LogP contribution < -0.4 is 16.4 Å². The van der Waals surface area contributed by atoms with Crippen LogP contribution in [-0.4, -0.2) is 50.1 Å². The Morgan fingerprint density at radius 1 is 1.47 bits per heavy atom. The lowest BCUT2D eigenvalue weighted by molar-refractivity contribution is -0.128. The van der Waals surface area contributed by atoms with Gasteiger partial charge in [0.2, 0.25) is 5.91 Å². The molecular weight excluding hydrogens is 222 g/mol. The zero-order chi connectivity index (χ0) is 13.3. The predicted molar refractivity (Wildman–Crippen MR) is 66.3 cm³/mol. The van der Waals surface area contributed by atoms with Gasteiger partial charge in [-0.25, -0.2) is 0 Å². The average molecular weight is 247 g/mol. The maximum Gasteiger partial charge on any atom is 0.225 e. The van der Waals surface area contributed by atoms with Crippen molar-refractivity contribution < 1.29 is 14.6 Å². The molecule has 0 fully saturated rings. The molecule has 0 aliphatic carbocycles. The molecule has 0 aliphatic heterocycles. The smallest absolute Gasteiger partial charge is 0.225 e. The summed E-state index contributed by atoms with van der Waals surface area (Å²) in [7, 11) is 1.78. The summed E-state index contributed by atoms with van der Waals surface area (Å²) in [4.78, 5) is 11.7. The topological polar surface area (TPSA) is 96.6 Å². The van der Waals surface area contributed by atoms with Crippen molar-refractivity contribution in [3.05, 3.63) is 0 Å². The number of hydrogen-bond donors (Lipinski definition) is 4. The normalized spacial score (nSPS) is 16.3. The van der Waals surface area contributed by atoms with E-state index in [0.29, 0.717) is 26.3 Å². The van der Waals surface area contributed by atoms with Gasteiger partial charge in [0.05, 0.1) is 31.4 Å². The minimum absolute atomic E-state index is 0.109. The number of aliphatic hydroxyl groups excluding tert-OH is 1. The Morgan fingerprint density at radius 2 is 2.12 bits per heavy atom. The third kappa shape index (κ3) is 7.27. The molecule has 17 heavy (non-hydrogen) atoms. The van der Waals surface area contributed by atoms with E-state index >= 15 is 0 Å². The minimum Gasteiger partial charge on any atom is -0.393 e. The van der Waals surface area contributed by atoms with E-state index in [1.807, 2.05) is 0 Å². The van der Waals surface area contributed by atoms with Gasteiger partial charge in [-0.3, -0.25) is 10.1 Å². The Labute approximate surface area is 103 Å². The van der Waals surface area contributed by atoms with E-state index in [0.717, 1.165) is 0 Å². The van der Waals surface area contributed by atoms with Gasteiger partial charge in [0.1, 0.15) is 0 Å². The zero-order valence-electron chi connectivity index (χ0n) is 10.9. The van der Waals surface area contributed by atoms with Crippen LogP contribution in [0.4, 0.5) is 0 Å². The summed E-state index contributed by atoms with van der Waals surface area (Å²) in [6.07, 6.45) is -0.00567. The molecule has 0 saturated heterocycles. The predicted octanol–water partition coefficient (Wildman–Crippen LogP) is -0.970. The Morgan fingerprint density at radius 3 is 2.59 bits per heavy atom. The number of carbonyl (C=O) groups is 1. The standard InChI is InChI=1S/C11H25N3O3/c1-8(9(2)15)11(16)14-10(4-5-12)6-17-7-13-3/h8-10,13,15H,4-7,12H2,1-3H3,(H,14,16). The average Bonchev–Trinajstić information content (AvgIpc) is 2.28. The Hall–Kier alpha value is -0.690. The number of nitrogens with one attached hydrogen (secondary N) is 2. The van der Waals surface area contributed by atoms with E-state index in [-0.39, 0.29) is 11.9 Å². The van der Waals surface area contributed by atoms with Crippen LogP contribution >= 0.6 is 0 Å². The minimum atomic E-state index is -0.660. The van der Waals surface area contributed by atoms with Gasteiger partial charge in [0.15, 0.2) is 0 Å². The highest BCUT2D eigenvalue weighted by Crippen LogP contribution is 2.03. The number of ether oxygens (including phenoxy) is 1. The second kappa shape index (κ2) is 9.35. The van der Waals surface area contributed by atoms with Gasteiger partial charge < -0.3 is 20.9 Å². The summed E-state index contributed by atoms with van der Waals surface area (Å²) < 4.78 is 5.29. The fourth-order valence-corrected chi connectivity index (χ4v) is 1.25. The second-order valence-electron chi connectivity index (χ2n) is 4.18.